The van der Waals surface area contributed by atoms with Crippen molar-refractivity contribution in [2.24, 2.45) is 0 Å². The van der Waals surface area contributed by atoms with Gasteiger partial charge in [0.05, 0.1) is 5.69 Å². The second kappa shape index (κ2) is 8.85. The van der Waals surface area contributed by atoms with Gasteiger partial charge in [0, 0.05) is 47.8 Å². The van der Waals surface area contributed by atoms with Gasteiger partial charge in [-0.15, -0.1) is 0 Å². The van der Waals surface area contributed by atoms with Gasteiger partial charge in [-0.1, -0.05) is 33.8 Å². The Kier molecular flexibility index (Phi) is 6.28. The normalized spacial score (nSPS) is 13.5. The molecule has 0 fully saturated rings. The van der Waals surface area contributed by atoms with Crippen molar-refractivity contribution in [1.82, 2.24) is 19.9 Å². The van der Waals surface area contributed by atoms with Crippen LogP contribution in [-0.2, 0) is 12.8 Å². The number of pyridine rings is 2. The molecule has 0 saturated carbocycles. The summed E-state index contributed by atoms with van der Waals surface area (Å²) in [5, 5.41) is 0. The van der Waals surface area contributed by atoms with Gasteiger partial charge in [-0.05, 0) is 54.5 Å². The highest BCUT2D eigenvalue weighted by atomic mass is 14.8. The Labute approximate surface area is 162 Å². The summed E-state index contributed by atoms with van der Waals surface area (Å²) in [6.07, 6.45) is 9.01. The molecular formula is C23H28N4. The fourth-order valence-corrected chi connectivity index (χ4v) is 3.26. The molecule has 0 saturated heterocycles. The molecule has 0 amide bonds. The summed E-state index contributed by atoms with van der Waals surface area (Å²) in [6.45, 7) is 8.80. The Bertz CT molecular complexity index is 861. The van der Waals surface area contributed by atoms with Crippen LogP contribution in [0.1, 0.15) is 73.8 Å². The molecule has 140 valence electrons. The molecule has 3 aromatic rings. The lowest BCUT2D eigenvalue weighted by Crippen LogP contribution is -2.06. The van der Waals surface area contributed by atoms with Crippen molar-refractivity contribution in [3.05, 3.63) is 83.5 Å². The van der Waals surface area contributed by atoms with Gasteiger partial charge < -0.3 is 0 Å². The number of aromatic nitrogens is 4. The number of hydrogen-bond acceptors (Lipinski definition) is 4. The summed E-state index contributed by atoms with van der Waals surface area (Å²) in [6, 6.07) is 10.7. The molecule has 4 nitrogen and oxygen atoms in total. The first-order valence-electron chi connectivity index (χ1n) is 9.69. The van der Waals surface area contributed by atoms with Crippen LogP contribution in [0.5, 0.6) is 0 Å². The summed E-state index contributed by atoms with van der Waals surface area (Å²) in [4.78, 5) is 18.0. The SMILES string of the molecule is CC(C)c1cccc(CC(C)c2ccnc(CC(C)c3cnccn3)c2)n1. The highest BCUT2D eigenvalue weighted by Gasteiger charge is 2.13. The Morgan fingerprint density at radius 1 is 0.778 bits per heavy atom. The van der Waals surface area contributed by atoms with Gasteiger partial charge >= 0.3 is 0 Å². The van der Waals surface area contributed by atoms with Crippen molar-refractivity contribution in [1.29, 1.82) is 0 Å². The average molecular weight is 361 g/mol. The second-order valence-corrected chi connectivity index (χ2v) is 7.63. The van der Waals surface area contributed by atoms with E-state index in [-0.39, 0.29) is 0 Å². The molecule has 3 rings (SSSR count). The minimum absolute atomic E-state index is 0.293. The van der Waals surface area contributed by atoms with Crippen molar-refractivity contribution in [2.75, 3.05) is 0 Å². The smallest absolute Gasteiger partial charge is 0.0618 e. The van der Waals surface area contributed by atoms with Crippen LogP contribution in [0.4, 0.5) is 0 Å². The predicted octanol–water partition coefficient (Wildman–Crippen LogP) is 5.08. The first-order valence-corrected chi connectivity index (χ1v) is 9.69. The zero-order valence-electron chi connectivity index (χ0n) is 16.6. The summed E-state index contributed by atoms with van der Waals surface area (Å²) in [7, 11) is 0. The Balaban J connectivity index is 1.70. The molecule has 0 aliphatic rings. The number of nitrogens with zero attached hydrogens (tertiary/aromatic N) is 4. The maximum Gasteiger partial charge on any atom is 0.0618 e. The lowest BCUT2D eigenvalue weighted by Gasteiger charge is -2.15. The molecule has 2 atom stereocenters. The summed E-state index contributed by atoms with van der Waals surface area (Å²) in [5.41, 5.74) is 5.73. The lowest BCUT2D eigenvalue weighted by atomic mass is 9.94. The molecule has 0 aliphatic heterocycles. The largest absolute Gasteiger partial charge is 0.261 e. The molecule has 3 heterocycles. The molecular weight excluding hydrogens is 332 g/mol. The topological polar surface area (TPSA) is 51.6 Å². The molecule has 2 unspecified atom stereocenters. The first-order chi connectivity index (χ1) is 13.0. The third-order valence-electron chi connectivity index (χ3n) is 4.95. The van der Waals surface area contributed by atoms with Crippen molar-refractivity contribution in [3.8, 4) is 0 Å². The number of rotatable bonds is 7. The highest BCUT2D eigenvalue weighted by Crippen LogP contribution is 2.23. The van der Waals surface area contributed by atoms with E-state index in [9.17, 15) is 0 Å². The molecule has 0 spiro atoms. The minimum atomic E-state index is 0.293. The van der Waals surface area contributed by atoms with Gasteiger partial charge in [0.2, 0.25) is 0 Å². The van der Waals surface area contributed by atoms with E-state index < -0.39 is 0 Å². The summed E-state index contributed by atoms with van der Waals surface area (Å²) < 4.78 is 0. The van der Waals surface area contributed by atoms with E-state index in [0.717, 1.165) is 35.6 Å². The standard InChI is InChI=1S/C23H28N4/c1-16(2)22-7-5-6-20(27-22)12-17(3)19-8-9-25-21(14-19)13-18(4)23-15-24-10-11-26-23/h5-11,14-18H,12-13H2,1-4H3. The summed E-state index contributed by atoms with van der Waals surface area (Å²) in [5.74, 6) is 1.14. The quantitative estimate of drug-likeness (QED) is 0.589. The van der Waals surface area contributed by atoms with Crippen LogP contribution in [0.25, 0.3) is 0 Å². The van der Waals surface area contributed by atoms with Crippen molar-refractivity contribution < 1.29 is 0 Å². The van der Waals surface area contributed by atoms with Gasteiger partial charge in [0.25, 0.3) is 0 Å². The third kappa shape index (κ3) is 5.19. The van der Waals surface area contributed by atoms with Gasteiger partial charge in [-0.3, -0.25) is 19.9 Å². The van der Waals surface area contributed by atoms with E-state index in [1.54, 1.807) is 12.4 Å². The van der Waals surface area contributed by atoms with Gasteiger partial charge in [0.15, 0.2) is 0 Å². The molecule has 0 N–H and O–H groups in total. The Morgan fingerprint density at radius 3 is 2.33 bits per heavy atom. The van der Waals surface area contributed by atoms with Crippen LogP contribution in [-0.4, -0.2) is 19.9 Å². The summed E-state index contributed by atoms with van der Waals surface area (Å²) >= 11 is 0. The van der Waals surface area contributed by atoms with E-state index >= 15 is 0 Å². The minimum Gasteiger partial charge on any atom is -0.261 e. The fourth-order valence-electron chi connectivity index (χ4n) is 3.26. The van der Waals surface area contributed by atoms with E-state index in [2.05, 4.69) is 73.0 Å². The van der Waals surface area contributed by atoms with Crippen molar-refractivity contribution in [2.45, 2.75) is 58.3 Å². The van der Waals surface area contributed by atoms with E-state index in [1.165, 1.54) is 5.56 Å². The van der Waals surface area contributed by atoms with Crippen LogP contribution in [0.15, 0.2) is 55.1 Å². The molecule has 3 aromatic heterocycles. The Morgan fingerprint density at radius 2 is 1.59 bits per heavy atom. The van der Waals surface area contributed by atoms with Crippen LogP contribution in [0.3, 0.4) is 0 Å². The maximum absolute atomic E-state index is 4.82. The third-order valence-corrected chi connectivity index (χ3v) is 4.95. The fraction of sp³-hybridized carbons (Fsp3) is 0.391. The zero-order chi connectivity index (χ0) is 19.2. The van der Waals surface area contributed by atoms with Crippen LogP contribution < -0.4 is 0 Å². The molecule has 0 aliphatic carbocycles. The van der Waals surface area contributed by atoms with E-state index in [1.807, 2.05) is 12.4 Å². The average Bonchev–Trinajstić information content (AvgIpc) is 2.69. The van der Waals surface area contributed by atoms with Crippen molar-refractivity contribution in [3.63, 3.8) is 0 Å². The first kappa shape index (κ1) is 19.2. The van der Waals surface area contributed by atoms with Crippen molar-refractivity contribution >= 4 is 0 Å². The van der Waals surface area contributed by atoms with Gasteiger partial charge in [-0.25, -0.2) is 0 Å². The predicted molar refractivity (Wildman–Crippen MR) is 109 cm³/mol. The lowest BCUT2D eigenvalue weighted by molar-refractivity contribution is 0.696. The molecule has 0 radical (unpaired) electrons. The van der Waals surface area contributed by atoms with E-state index in [0.29, 0.717) is 17.8 Å². The van der Waals surface area contributed by atoms with E-state index in [4.69, 9.17) is 4.98 Å². The zero-order valence-corrected chi connectivity index (χ0v) is 16.6. The van der Waals surface area contributed by atoms with Crippen LogP contribution in [0, 0.1) is 0 Å². The maximum atomic E-state index is 4.82. The van der Waals surface area contributed by atoms with Crippen LogP contribution >= 0.6 is 0 Å². The van der Waals surface area contributed by atoms with Gasteiger partial charge in [-0.2, -0.15) is 0 Å². The highest BCUT2D eigenvalue weighted by molar-refractivity contribution is 5.24. The number of hydrogen-bond donors (Lipinski definition) is 0. The second-order valence-electron chi connectivity index (χ2n) is 7.63. The Hall–Kier alpha value is -2.62. The molecule has 0 bridgehead atoms. The monoisotopic (exact) mass is 360 g/mol. The van der Waals surface area contributed by atoms with Crippen LogP contribution in [0.2, 0.25) is 0 Å². The molecule has 27 heavy (non-hydrogen) atoms. The van der Waals surface area contributed by atoms with Gasteiger partial charge in [0.1, 0.15) is 0 Å². The molecule has 4 heteroatoms. The molecule has 0 aromatic carbocycles.